The lowest BCUT2D eigenvalue weighted by Crippen LogP contribution is -2.53. The molecule has 11 nitrogen and oxygen atoms in total. The summed E-state index contributed by atoms with van der Waals surface area (Å²) in [6.45, 7) is 1.30. The molecule has 0 bridgehead atoms. The maximum absolute atomic E-state index is 14.2. The molecule has 0 aromatic heterocycles. The predicted molar refractivity (Wildman–Crippen MR) is 166 cm³/mol. The second-order valence-electron chi connectivity index (χ2n) is 9.64. The number of nitro groups is 1. The van der Waals surface area contributed by atoms with Gasteiger partial charge >= 0.3 is 0 Å². The van der Waals surface area contributed by atoms with Gasteiger partial charge in [-0.15, -0.1) is 0 Å². The van der Waals surface area contributed by atoms with Gasteiger partial charge in [-0.3, -0.25) is 24.0 Å². The summed E-state index contributed by atoms with van der Waals surface area (Å²) in [7, 11) is -2.91. The molecule has 3 aromatic rings. The van der Waals surface area contributed by atoms with Crippen LogP contribution in [-0.2, 0) is 32.6 Å². The summed E-state index contributed by atoms with van der Waals surface area (Å²) in [5.74, 6) is -1.20. The first-order valence-corrected chi connectivity index (χ1v) is 15.8. The number of nitrogens with one attached hydrogen (secondary N) is 1. The Bertz CT molecular complexity index is 1570. The van der Waals surface area contributed by atoms with Gasteiger partial charge in [-0.05, 0) is 35.7 Å². The first-order chi connectivity index (χ1) is 20.3. The molecule has 43 heavy (non-hydrogen) atoms. The van der Waals surface area contributed by atoms with Gasteiger partial charge in [0.1, 0.15) is 24.0 Å². The third kappa shape index (κ3) is 9.06. The highest BCUT2D eigenvalue weighted by molar-refractivity contribution is 7.92. The number of rotatable bonds is 14. The van der Waals surface area contributed by atoms with Crippen molar-refractivity contribution in [3.63, 3.8) is 0 Å². The van der Waals surface area contributed by atoms with Crippen LogP contribution in [0.15, 0.2) is 66.7 Å². The van der Waals surface area contributed by atoms with Gasteiger partial charge in [0.15, 0.2) is 0 Å². The van der Waals surface area contributed by atoms with Crippen molar-refractivity contribution in [2.75, 3.05) is 30.8 Å². The minimum Gasteiger partial charge on any atom is -0.495 e. The van der Waals surface area contributed by atoms with E-state index in [0.717, 1.165) is 28.3 Å². The molecule has 1 N–H and O–H groups in total. The predicted octanol–water partition coefficient (Wildman–Crippen LogP) is 4.84. The summed E-state index contributed by atoms with van der Waals surface area (Å²) in [6.07, 6.45) is 1.63. The van der Waals surface area contributed by atoms with Gasteiger partial charge < -0.3 is 15.0 Å². The Balaban J connectivity index is 2.14. The number of methoxy groups -OCH3 is 1. The van der Waals surface area contributed by atoms with Crippen molar-refractivity contribution in [1.29, 1.82) is 0 Å². The fraction of sp³-hybridized carbons (Fsp3) is 0.310. The molecule has 0 aliphatic heterocycles. The smallest absolute Gasteiger partial charge is 0.271 e. The fourth-order valence-corrected chi connectivity index (χ4v) is 5.65. The molecule has 0 aliphatic rings. The molecule has 14 heteroatoms. The molecule has 0 saturated heterocycles. The average Bonchev–Trinajstić information content (AvgIpc) is 2.96. The van der Waals surface area contributed by atoms with Gasteiger partial charge in [0.2, 0.25) is 21.8 Å². The number of hydrogen-bond acceptors (Lipinski definition) is 7. The van der Waals surface area contributed by atoms with Crippen LogP contribution in [0.25, 0.3) is 0 Å². The molecule has 1 atom stereocenters. The zero-order valence-electron chi connectivity index (χ0n) is 23.8. The second kappa shape index (κ2) is 15.0. The molecule has 0 unspecified atom stereocenters. The number of nitrogens with zero attached hydrogens (tertiary/aromatic N) is 3. The molecule has 0 aliphatic carbocycles. The molecule has 0 heterocycles. The maximum Gasteiger partial charge on any atom is 0.271 e. The van der Waals surface area contributed by atoms with E-state index < -0.39 is 45.0 Å². The Morgan fingerprint density at radius 2 is 1.77 bits per heavy atom. The summed E-state index contributed by atoms with van der Waals surface area (Å²) in [4.78, 5) is 39.8. The zero-order valence-corrected chi connectivity index (χ0v) is 26.2. The largest absolute Gasteiger partial charge is 0.495 e. The van der Waals surface area contributed by atoms with Crippen molar-refractivity contribution in [3.05, 3.63) is 98.0 Å². The van der Waals surface area contributed by atoms with Crippen LogP contribution in [0.1, 0.15) is 24.5 Å². The second-order valence-corrected chi connectivity index (χ2v) is 12.4. The summed E-state index contributed by atoms with van der Waals surface area (Å²) in [5, 5.41) is 14.9. The van der Waals surface area contributed by atoms with E-state index in [1.54, 1.807) is 24.3 Å². The van der Waals surface area contributed by atoms with Gasteiger partial charge in [0.05, 0.1) is 18.3 Å². The first-order valence-electron chi connectivity index (χ1n) is 13.2. The van der Waals surface area contributed by atoms with E-state index in [2.05, 4.69) is 5.32 Å². The van der Waals surface area contributed by atoms with E-state index in [1.165, 1.54) is 24.1 Å². The maximum atomic E-state index is 14.2. The average molecular weight is 652 g/mol. The van der Waals surface area contributed by atoms with E-state index in [-0.39, 0.29) is 29.4 Å². The number of benzene rings is 3. The SMILES string of the molecule is CCCNC(=O)[C@@H](Cc1ccccc1)N(Cc1ccc(Cl)cc1Cl)C(=O)CN(c1cc([N+](=O)[O-])ccc1OC)S(C)(=O)=O. The van der Waals surface area contributed by atoms with E-state index >= 15 is 0 Å². The number of sulfonamides is 1. The van der Waals surface area contributed by atoms with Crippen molar-refractivity contribution in [1.82, 2.24) is 10.2 Å². The summed E-state index contributed by atoms with van der Waals surface area (Å²) in [5.41, 5.74) is 0.633. The number of halogens is 2. The van der Waals surface area contributed by atoms with Gasteiger partial charge in [0, 0.05) is 41.7 Å². The van der Waals surface area contributed by atoms with Crippen molar-refractivity contribution < 1.29 is 27.7 Å². The van der Waals surface area contributed by atoms with Gasteiger partial charge in [-0.25, -0.2) is 8.42 Å². The number of nitro benzene ring substituents is 1. The van der Waals surface area contributed by atoms with Crippen LogP contribution in [0.4, 0.5) is 11.4 Å². The van der Waals surface area contributed by atoms with Crippen LogP contribution in [-0.4, -0.2) is 62.6 Å². The van der Waals surface area contributed by atoms with E-state index in [4.69, 9.17) is 27.9 Å². The third-order valence-corrected chi connectivity index (χ3v) is 8.21. The topological polar surface area (TPSA) is 139 Å². The molecule has 0 radical (unpaired) electrons. The molecule has 3 aromatic carbocycles. The number of ether oxygens (including phenoxy) is 1. The number of hydrogen-bond donors (Lipinski definition) is 1. The number of carbonyl (C=O) groups is 2. The quantitative estimate of drug-likeness (QED) is 0.194. The normalized spacial score (nSPS) is 11.8. The highest BCUT2D eigenvalue weighted by Gasteiger charge is 2.34. The molecule has 230 valence electrons. The standard InChI is InChI=1S/C29H32Cl2N4O7S/c1-4-14-32-29(37)26(15-20-8-6-5-7-9-20)33(18-21-10-11-22(30)16-24(21)31)28(36)19-34(43(3,40)41)25-17-23(35(38)39)12-13-27(25)42-2/h5-13,16-17,26H,4,14-15,18-19H2,1-3H3,(H,32,37)/t26-/m1/s1. The van der Waals surface area contributed by atoms with Crippen LogP contribution < -0.4 is 14.4 Å². The van der Waals surface area contributed by atoms with Crippen molar-refractivity contribution in [2.24, 2.45) is 0 Å². The van der Waals surface area contributed by atoms with Gasteiger partial charge in [-0.1, -0.05) is 66.5 Å². The lowest BCUT2D eigenvalue weighted by Gasteiger charge is -2.34. The molecular weight excluding hydrogens is 619 g/mol. The number of amides is 2. The Hall–Kier alpha value is -3.87. The van der Waals surface area contributed by atoms with Gasteiger partial charge in [0.25, 0.3) is 5.69 Å². The van der Waals surface area contributed by atoms with E-state index in [9.17, 15) is 28.1 Å². The monoisotopic (exact) mass is 650 g/mol. The fourth-order valence-electron chi connectivity index (χ4n) is 4.34. The number of non-ortho nitro benzene ring substituents is 1. The minimum atomic E-state index is -4.19. The van der Waals surface area contributed by atoms with Crippen molar-refractivity contribution in [2.45, 2.75) is 32.4 Å². The highest BCUT2D eigenvalue weighted by atomic mass is 35.5. The van der Waals surface area contributed by atoms with Crippen LogP contribution in [0.5, 0.6) is 5.75 Å². The van der Waals surface area contributed by atoms with Gasteiger partial charge in [-0.2, -0.15) is 0 Å². The van der Waals surface area contributed by atoms with Crippen LogP contribution in [0.2, 0.25) is 10.0 Å². The first kappa shape index (κ1) is 33.6. The summed E-state index contributed by atoms with van der Waals surface area (Å²) in [6, 6.07) is 16.1. The van der Waals surface area contributed by atoms with Crippen molar-refractivity contribution >= 4 is 56.4 Å². The van der Waals surface area contributed by atoms with Crippen LogP contribution >= 0.6 is 23.2 Å². The van der Waals surface area contributed by atoms with Crippen molar-refractivity contribution in [3.8, 4) is 5.75 Å². The molecule has 2 amide bonds. The van der Waals surface area contributed by atoms with E-state index in [1.807, 2.05) is 25.1 Å². The Morgan fingerprint density at radius 1 is 1.07 bits per heavy atom. The molecule has 0 spiro atoms. The lowest BCUT2D eigenvalue weighted by molar-refractivity contribution is -0.384. The Kier molecular flexibility index (Phi) is 11.8. The minimum absolute atomic E-state index is 0.00218. The van der Waals surface area contributed by atoms with Crippen LogP contribution in [0.3, 0.4) is 0 Å². The zero-order chi connectivity index (χ0) is 31.7. The number of anilines is 1. The summed E-state index contributed by atoms with van der Waals surface area (Å²) < 4.78 is 32.1. The molecule has 0 saturated carbocycles. The third-order valence-electron chi connectivity index (χ3n) is 6.50. The highest BCUT2D eigenvalue weighted by Crippen LogP contribution is 2.34. The Labute approximate surface area is 260 Å². The van der Waals surface area contributed by atoms with Crippen LogP contribution in [0, 0.1) is 10.1 Å². The lowest BCUT2D eigenvalue weighted by atomic mass is 10.0. The van der Waals surface area contributed by atoms with E-state index in [0.29, 0.717) is 23.6 Å². The Morgan fingerprint density at radius 3 is 2.35 bits per heavy atom. The number of carbonyl (C=O) groups excluding carboxylic acids is 2. The molecular formula is C29H32Cl2N4O7S. The molecule has 3 rings (SSSR count). The summed E-state index contributed by atoms with van der Waals surface area (Å²) >= 11 is 12.5. The molecule has 0 fully saturated rings.